The molecule has 2 aliphatic rings. The number of aromatic nitrogens is 3. The van der Waals surface area contributed by atoms with Crippen molar-refractivity contribution in [3.05, 3.63) is 29.8 Å². The minimum atomic E-state index is -0.559. The van der Waals surface area contributed by atoms with Crippen molar-refractivity contribution >= 4 is 17.7 Å². The number of anilines is 1. The van der Waals surface area contributed by atoms with Gasteiger partial charge < -0.3 is 19.5 Å². The Hall–Kier alpha value is -2.97. The van der Waals surface area contributed by atoms with E-state index in [-0.39, 0.29) is 23.6 Å². The molecule has 9 heteroatoms. The predicted molar refractivity (Wildman–Crippen MR) is 122 cm³/mol. The monoisotopic (exact) mass is 457 g/mol. The second kappa shape index (κ2) is 9.49. The third-order valence-electron chi connectivity index (χ3n) is 6.11. The summed E-state index contributed by atoms with van der Waals surface area (Å²) in [6, 6.07) is 4.66. The highest BCUT2D eigenvalue weighted by atomic mass is 19.1. The van der Waals surface area contributed by atoms with Crippen LogP contribution in [0.3, 0.4) is 0 Å². The number of benzene rings is 1. The van der Waals surface area contributed by atoms with Crippen LogP contribution < -0.4 is 5.32 Å². The Kier molecular flexibility index (Phi) is 6.67. The molecule has 2 amide bonds. The van der Waals surface area contributed by atoms with E-state index in [1.165, 1.54) is 6.07 Å². The number of halogens is 1. The van der Waals surface area contributed by atoms with Crippen LogP contribution in [-0.2, 0) is 22.5 Å². The van der Waals surface area contributed by atoms with Gasteiger partial charge in [0.25, 0.3) is 0 Å². The third kappa shape index (κ3) is 5.51. The van der Waals surface area contributed by atoms with Gasteiger partial charge in [0.15, 0.2) is 5.82 Å². The number of likely N-dealkylation sites (tertiary alicyclic amines) is 1. The van der Waals surface area contributed by atoms with E-state index in [1.807, 2.05) is 20.8 Å². The maximum absolute atomic E-state index is 14.5. The van der Waals surface area contributed by atoms with E-state index in [4.69, 9.17) is 4.74 Å². The van der Waals surface area contributed by atoms with Gasteiger partial charge in [-0.1, -0.05) is 6.42 Å². The van der Waals surface area contributed by atoms with Crippen LogP contribution in [0.4, 0.5) is 14.9 Å². The van der Waals surface area contributed by atoms with Gasteiger partial charge in [-0.25, -0.2) is 9.18 Å². The molecule has 0 unspecified atom stereocenters. The minimum Gasteiger partial charge on any atom is -0.444 e. The number of nitrogens with zero attached hydrogens (tertiary/aromatic N) is 4. The molecular formula is C24H32FN5O3. The molecule has 1 fully saturated rings. The highest BCUT2D eigenvalue weighted by Crippen LogP contribution is 2.28. The molecule has 0 atom stereocenters. The lowest BCUT2D eigenvalue weighted by Crippen LogP contribution is -2.43. The Morgan fingerprint density at radius 1 is 1.09 bits per heavy atom. The zero-order chi connectivity index (χ0) is 23.6. The van der Waals surface area contributed by atoms with Crippen LogP contribution in [0.15, 0.2) is 18.2 Å². The summed E-state index contributed by atoms with van der Waals surface area (Å²) in [7, 11) is 0. The highest BCUT2D eigenvalue weighted by molar-refractivity contribution is 5.93. The number of piperidine rings is 1. The molecule has 0 spiro atoms. The van der Waals surface area contributed by atoms with Crippen LogP contribution in [0.1, 0.15) is 58.7 Å². The van der Waals surface area contributed by atoms with Crippen molar-refractivity contribution in [2.45, 2.75) is 71.4 Å². The second-order valence-electron chi connectivity index (χ2n) is 9.83. The van der Waals surface area contributed by atoms with E-state index >= 15 is 0 Å². The molecule has 178 valence electrons. The molecule has 2 aliphatic heterocycles. The standard InChI is InChI=1S/C24H32FN5O3/c1-24(2,3)33-23(32)29-13-10-16(11-14-29)22(31)26-19-15-17(8-9-18(19)25)21-28-27-20-7-5-4-6-12-30(20)21/h8-9,15-16H,4-7,10-14H2,1-3H3,(H,26,31). The van der Waals surface area contributed by atoms with Crippen LogP contribution in [-0.4, -0.2) is 50.4 Å². The summed E-state index contributed by atoms with van der Waals surface area (Å²) in [6.07, 6.45) is 4.83. The predicted octanol–water partition coefficient (Wildman–Crippen LogP) is 4.40. The molecule has 1 N–H and O–H groups in total. The van der Waals surface area contributed by atoms with E-state index < -0.39 is 11.4 Å². The molecule has 4 rings (SSSR count). The number of ether oxygens (including phenoxy) is 1. The van der Waals surface area contributed by atoms with Crippen LogP contribution >= 0.6 is 0 Å². The largest absolute Gasteiger partial charge is 0.444 e. The lowest BCUT2D eigenvalue weighted by Gasteiger charge is -2.32. The number of hydrogen-bond acceptors (Lipinski definition) is 5. The fraction of sp³-hybridized carbons (Fsp3) is 0.583. The lowest BCUT2D eigenvalue weighted by molar-refractivity contribution is -0.121. The average Bonchev–Trinajstić information content (AvgIpc) is 3.02. The topological polar surface area (TPSA) is 89.3 Å². The van der Waals surface area contributed by atoms with Crippen molar-refractivity contribution < 1.29 is 18.7 Å². The van der Waals surface area contributed by atoms with Gasteiger partial charge in [0.05, 0.1) is 5.69 Å². The van der Waals surface area contributed by atoms with Gasteiger partial charge in [0.2, 0.25) is 5.91 Å². The van der Waals surface area contributed by atoms with E-state index in [9.17, 15) is 14.0 Å². The summed E-state index contributed by atoms with van der Waals surface area (Å²) >= 11 is 0. The SMILES string of the molecule is CC(C)(C)OC(=O)N1CCC(C(=O)Nc2cc(-c3nnc4n3CCCCC4)ccc2F)CC1. The normalized spacial score (nSPS) is 17.3. The first-order valence-corrected chi connectivity index (χ1v) is 11.7. The summed E-state index contributed by atoms with van der Waals surface area (Å²) in [5.74, 6) is 0.627. The van der Waals surface area contributed by atoms with Crippen molar-refractivity contribution in [3.8, 4) is 11.4 Å². The van der Waals surface area contributed by atoms with E-state index in [0.717, 1.165) is 43.6 Å². The Balaban J connectivity index is 1.41. The van der Waals surface area contributed by atoms with Gasteiger partial charge in [-0.15, -0.1) is 10.2 Å². The van der Waals surface area contributed by atoms with Crippen molar-refractivity contribution in [1.29, 1.82) is 0 Å². The summed E-state index contributed by atoms with van der Waals surface area (Å²) in [6.45, 7) is 7.18. The molecule has 1 aromatic carbocycles. The maximum Gasteiger partial charge on any atom is 0.410 e. The number of nitrogens with one attached hydrogen (secondary N) is 1. The molecule has 33 heavy (non-hydrogen) atoms. The lowest BCUT2D eigenvalue weighted by atomic mass is 9.96. The summed E-state index contributed by atoms with van der Waals surface area (Å²) < 4.78 is 22.0. The number of amides is 2. The molecule has 0 bridgehead atoms. The van der Waals surface area contributed by atoms with Crippen LogP contribution in [0.25, 0.3) is 11.4 Å². The highest BCUT2D eigenvalue weighted by Gasteiger charge is 2.30. The summed E-state index contributed by atoms with van der Waals surface area (Å²) in [4.78, 5) is 26.7. The van der Waals surface area contributed by atoms with Gasteiger partial charge >= 0.3 is 6.09 Å². The Bertz CT molecular complexity index is 1020. The second-order valence-corrected chi connectivity index (χ2v) is 9.83. The summed E-state index contributed by atoms with van der Waals surface area (Å²) in [5, 5.41) is 11.4. The van der Waals surface area contributed by atoms with Crippen molar-refractivity contribution in [2.75, 3.05) is 18.4 Å². The number of carbonyl (C=O) groups excluding carboxylic acids is 2. The van der Waals surface area contributed by atoms with Gasteiger partial charge in [0, 0.05) is 37.5 Å². The number of hydrogen-bond donors (Lipinski definition) is 1. The molecule has 1 saturated heterocycles. The van der Waals surface area contributed by atoms with E-state index in [2.05, 4.69) is 20.1 Å². The molecule has 0 aliphatic carbocycles. The van der Waals surface area contributed by atoms with Crippen LogP contribution in [0.5, 0.6) is 0 Å². The maximum atomic E-state index is 14.5. The van der Waals surface area contributed by atoms with Crippen LogP contribution in [0, 0.1) is 11.7 Å². The Morgan fingerprint density at radius 2 is 1.85 bits per heavy atom. The van der Waals surface area contributed by atoms with Crippen molar-refractivity contribution in [1.82, 2.24) is 19.7 Å². The van der Waals surface area contributed by atoms with E-state index in [1.54, 1.807) is 17.0 Å². The minimum absolute atomic E-state index is 0.137. The first kappa shape index (κ1) is 23.2. The van der Waals surface area contributed by atoms with Gasteiger partial charge in [-0.2, -0.15) is 0 Å². The van der Waals surface area contributed by atoms with Crippen molar-refractivity contribution in [2.24, 2.45) is 5.92 Å². The molecule has 2 aromatic rings. The Morgan fingerprint density at radius 3 is 2.58 bits per heavy atom. The number of carbonyl (C=O) groups is 2. The molecular weight excluding hydrogens is 425 g/mol. The number of aryl methyl sites for hydroxylation is 1. The number of rotatable bonds is 3. The van der Waals surface area contributed by atoms with Gasteiger partial charge in [-0.3, -0.25) is 4.79 Å². The van der Waals surface area contributed by atoms with Crippen LogP contribution in [0.2, 0.25) is 0 Å². The Labute approximate surface area is 193 Å². The third-order valence-corrected chi connectivity index (χ3v) is 6.11. The fourth-order valence-corrected chi connectivity index (χ4v) is 4.34. The van der Waals surface area contributed by atoms with Crippen molar-refractivity contribution in [3.63, 3.8) is 0 Å². The molecule has 3 heterocycles. The quantitative estimate of drug-likeness (QED) is 0.738. The molecule has 1 aromatic heterocycles. The first-order chi connectivity index (χ1) is 15.7. The van der Waals surface area contributed by atoms with Gasteiger partial charge in [0.1, 0.15) is 17.2 Å². The number of fused-ring (bicyclic) bond motifs is 1. The molecule has 8 nitrogen and oxygen atoms in total. The zero-order valence-corrected chi connectivity index (χ0v) is 19.6. The molecule has 0 radical (unpaired) electrons. The average molecular weight is 458 g/mol. The molecule has 0 saturated carbocycles. The summed E-state index contributed by atoms with van der Waals surface area (Å²) in [5.41, 5.74) is 0.307. The van der Waals surface area contributed by atoms with E-state index in [0.29, 0.717) is 31.8 Å². The first-order valence-electron chi connectivity index (χ1n) is 11.7. The van der Waals surface area contributed by atoms with Gasteiger partial charge in [-0.05, 0) is 64.7 Å². The zero-order valence-electron chi connectivity index (χ0n) is 19.6. The fourth-order valence-electron chi connectivity index (χ4n) is 4.34. The smallest absolute Gasteiger partial charge is 0.410 e.